The molecular formula is C14H17F3O3. The van der Waals surface area contributed by atoms with Crippen LogP contribution in [0.15, 0.2) is 18.2 Å². The highest BCUT2D eigenvalue weighted by atomic mass is 19.4. The molecule has 112 valence electrons. The molecule has 0 aromatic heterocycles. The van der Waals surface area contributed by atoms with E-state index in [0.717, 1.165) is 11.1 Å². The Labute approximate surface area is 115 Å². The van der Waals surface area contributed by atoms with Crippen LogP contribution in [0.25, 0.3) is 0 Å². The maximum absolute atomic E-state index is 12.5. The van der Waals surface area contributed by atoms with E-state index in [-0.39, 0.29) is 5.75 Å². The summed E-state index contributed by atoms with van der Waals surface area (Å²) in [7, 11) is 0. The second kappa shape index (κ2) is 6.15. The van der Waals surface area contributed by atoms with Crippen molar-refractivity contribution in [3.63, 3.8) is 0 Å². The second-order valence-corrected chi connectivity index (χ2v) is 4.92. The monoisotopic (exact) mass is 290 g/mol. The van der Waals surface area contributed by atoms with Crippen LogP contribution in [0.3, 0.4) is 0 Å². The zero-order valence-corrected chi connectivity index (χ0v) is 11.5. The lowest BCUT2D eigenvalue weighted by Crippen LogP contribution is -2.35. The van der Waals surface area contributed by atoms with Crippen LogP contribution >= 0.6 is 0 Å². The van der Waals surface area contributed by atoms with E-state index in [2.05, 4.69) is 0 Å². The average Bonchev–Trinajstić information content (AvgIpc) is 2.26. The van der Waals surface area contributed by atoms with Crippen molar-refractivity contribution < 1.29 is 27.8 Å². The number of rotatable bonds is 5. The summed E-state index contributed by atoms with van der Waals surface area (Å²) >= 11 is 0. The number of hydrogen-bond acceptors (Lipinski definition) is 2. The molecule has 0 saturated carbocycles. The van der Waals surface area contributed by atoms with Crippen molar-refractivity contribution in [3.8, 4) is 5.75 Å². The molecule has 0 saturated heterocycles. The lowest BCUT2D eigenvalue weighted by molar-refractivity contribution is -0.198. The smallest absolute Gasteiger partial charge is 0.405 e. The molecule has 0 aliphatic heterocycles. The number of ether oxygens (including phenoxy) is 1. The summed E-state index contributed by atoms with van der Waals surface area (Å²) in [6.45, 7) is 4.92. The van der Waals surface area contributed by atoms with E-state index >= 15 is 0 Å². The predicted octanol–water partition coefficient (Wildman–Crippen LogP) is 3.76. The minimum atomic E-state index is -4.82. The molecule has 0 heterocycles. The van der Waals surface area contributed by atoms with Crippen LogP contribution in [0.5, 0.6) is 5.75 Å². The van der Waals surface area contributed by atoms with Crippen molar-refractivity contribution in [3.05, 3.63) is 29.3 Å². The van der Waals surface area contributed by atoms with E-state index in [1.54, 1.807) is 18.2 Å². The highest BCUT2D eigenvalue weighted by molar-refractivity contribution is 5.71. The van der Waals surface area contributed by atoms with Gasteiger partial charge in [0, 0.05) is 0 Å². The van der Waals surface area contributed by atoms with E-state index in [1.807, 2.05) is 20.8 Å². The molecule has 20 heavy (non-hydrogen) atoms. The molecule has 0 aliphatic carbocycles. The van der Waals surface area contributed by atoms with Crippen LogP contribution in [-0.2, 0) is 4.79 Å². The molecule has 0 fully saturated rings. The first-order chi connectivity index (χ1) is 9.12. The van der Waals surface area contributed by atoms with Gasteiger partial charge in [-0.15, -0.1) is 0 Å². The largest absolute Gasteiger partial charge is 0.492 e. The van der Waals surface area contributed by atoms with E-state index < -0.39 is 24.7 Å². The standard InChI is InChI=1S/C14H17F3O3/c1-8(2)11-5-4-10(6-9(11)3)20-7-12(13(18)19)14(15,16)17/h4-6,8,12H,7H2,1-3H3,(H,18,19). The van der Waals surface area contributed by atoms with Crippen LogP contribution < -0.4 is 4.74 Å². The lowest BCUT2D eigenvalue weighted by atomic mass is 9.98. The second-order valence-electron chi connectivity index (χ2n) is 4.92. The van der Waals surface area contributed by atoms with Crippen molar-refractivity contribution in [2.24, 2.45) is 5.92 Å². The Balaban J connectivity index is 2.79. The van der Waals surface area contributed by atoms with E-state index in [1.165, 1.54) is 0 Å². The summed E-state index contributed by atoms with van der Waals surface area (Å²) in [5, 5.41) is 8.56. The average molecular weight is 290 g/mol. The highest BCUT2D eigenvalue weighted by Gasteiger charge is 2.45. The molecule has 1 atom stereocenters. The Morgan fingerprint density at radius 3 is 2.35 bits per heavy atom. The Morgan fingerprint density at radius 2 is 1.95 bits per heavy atom. The van der Waals surface area contributed by atoms with E-state index in [9.17, 15) is 18.0 Å². The van der Waals surface area contributed by atoms with Gasteiger partial charge in [-0.2, -0.15) is 13.2 Å². The van der Waals surface area contributed by atoms with Gasteiger partial charge in [0.1, 0.15) is 12.4 Å². The Hall–Kier alpha value is -1.72. The maximum Gasteiger partial charge on any atom is 0.405 e. The van der Waals surface area contributed by atoms with Crippen LogP contribution in [0, 0.1) is 12.8 Å². The molecule has 1 N–H and O–H groups in total. The van der Waals surface area contributed by atoms with Crippen molar-refractivity contribution >= 4 is 5.97 Å². The molecule has 1 rings (SSSR count). The van der Waals surface area contributed by atoms with E-state index in [4.69, 9.17) is 9.84 Å². The van der Waals surface area contributed by atoms with Crippen LogP contribution in [0.4, 0.5) is 13.2 Å². The summed E-state index contributed by atoms with van der Waals surface area (Å²) in [5.41, 5.74) is 1.97. The molecule has 0 amide bonds. The molecule has 0 aliphatic rings. The van der Waals surface area contributed by atoms with E-state index in [0.29, 0.717) is 5.92 Å². The number of benzene rings is 1. The van der Waals surface area contributed by atoms with Crippen molar-refractivity contribution in [2.45, 2.75) is 32.9 Å². The topological polar surface area (TPSA) is 46.5 Å². The van der Waals surface area contributed by atoms with Crippen molar-refractivity contribution in [1.29, 1.82) is 0 Å². The van der Waals surface area contributed by atoms with Gasteiger partial charge in [0.2, 0.25) is 0 Å². The molecule has 1 aromatic carbocycles. The quantitative estimate of drug-likeness (QED) is 0.898. The number of alkyl halides is 3. The first-order valence-electron chi connectivity index (χ1n) is 6.15. The van der Waals surface area contributed by atoms with Gasteiger partial charge in [-0.3, -0.25) is 4.79 Å². The number of hydrogen-bond donors (Lipinski definition) is 1. The van der Waals surface area contributed by atoms with Gasteiger partial charge < -0.3 is 9.84 Å². The zero-order chi connectivity index (χ0) is 15.5. The van der Waals surface area contributed by atoms with Gasteiger partial charge in [0.25, 0.3) is 0 Å². The first kappa shape index (κ1) is 16.3. The summed E-state index contributed by atoms with van der Waals surface area (Å²) in [4.78, 5) is 10.6. The van der Waals surface area contributed by atoms with Gasteiger partial charge in [-0.05, 0) is 36.1 Å². The molecule has 0 radical (unpaired) electrons. The lowest BCUT2D eigenvalue weighted by Gasteiger charge is -2.17. The normalized spacial score (nSPS) is 13.3. The minimum Gasteiger partial charge on any atom is -0.492 e. The molecular weight excluding hydrogens is 273 g/mol. The molecule has 3 nitrogen and oxygen atoms in total. The van der Waals surface area contributed by atoms with Crippen LogP contribution in [0.1, 0.15) is 30.9 Å². The van der Waals surface area contributed by atoms with Crippen LogP contribution in [0.2, 0.25) is 0 Å². The van der Waals surface area contributed by atoms with Gasteiger partial charge in [0.05, 0.1) is 0 Å². The van der Waals surface area contributed by atoms with Crippen molar-refractivity contribution in [2.75, 3.05) is 6.61 Å². The third-order valence-electron chi connectivity index (χ3n) is 2.97. The fourth-order valence-electron chi connectivity index (χ4n) is 1.87. The Kier molecular flexibility index (Phi) is 5.03. The summed E-state index contributed by atoms with van der Waals surface area (Å²) < 4.78 is 42.4. The van der Waals surface area contributed by atoms with Gasteiger partial charge in [-0.1, -0.05) is 19.9 Å². The fourth-order valence-corrected chi connectivity index (χ4v) is 1.87. The number of carboxylic acids is 1. The molecule has 0 spiro atoms. The third-order valence-corrected chi connectivity index (χ3v) is 2.97. The highest BCUT2D eigenvalue weighted by Crippen LogP contribution is 2.28. The van der Waals surface area contributed by atoms with Crippen LogP contribution in [-0.4, -0.2) is 23.9 Å². The van der Waals surface area contributed by atoms with Gasteiger partial charge >= 0.3 is 12.1 Å². The summed E-state index contributed by atoms with van der Waals surface area (Å²) in [6.07, 6.45) is -4.82. The number of aliphatic carboxylic acids is 1. The molecule has 1 unspecified atom stereocenters. The Morgan fingerprint density at radius 1 is 1.35 bits per heavy atom. The molecule has 0 bridgehead atoms. The number of aryl methyl sites for hydroxylation is 1. The zero-order valence-electron chi connectivity index (χ0n) is 11.5. The third kappa shape index (κ3) is 4.15. The number of halogens is 3. The number of carboxylic acid groups (broad SMARTS) is 1. The maximum atomic E-state index is 12.5. The Bertz CT molecular complexity index is 481. The summed E-state index contributed by atoms with van der Waals surface area (Å²) in [6, 6.07) is 4.95. The minimum absolute atomic E-state index is 0.238. The fraction of sp³-hybridized carbons (Fsp3) is 0.500. The van der Waals surface area contributed by atoms with Gasteiger partial charge in [-0.25, -0.2) is 0 Å². The number of carbonyl (C=O) groups is 1. The molecule has 1 aromatic rings. The predicted molar refractivity (Wildman–Crippen MR) is 67.9 cm³/mol. The van der Waals surface area contributed by atoms with Gasteiger partial charge in [0.15, 0.2) is 5.92 Å². The SMILES string of the molecule is Cc1cc(OCC(C(=O)O)C(F)(F)F)ccc1C(C)C. The van der Waals surface area contributed by atoms with Crippen molar-refractivity contribution in [1.82, 2.24) is 0 Å². The molecule has 6 heteroatoms. The summed E-state index contributed by atoms with van der Waals surface area (Å²) in [5.74, 6) is -3.92. The first-order valence-corrected chi connectivity index (χ1v) is 6.15.